The van der Waals surface area contributed by atoms with Crippen molar-refractivity contribution < 1.29 is 4.42 Å². The van der Waals surface area contributed by atoms with Crippen molar-refractivity contribution in [3.8, 4) is 0 Å². The van der Waals surface area contributed by atoms with Crippen molar-refractivity contribution in [2.24, 2.45) is 0 Å². The fraction of sp³-hybridized carbons (Fsp3) is 0.650. The average molecular weight is 369 g/mol. The Morgan fingerprint density at radius 3 is 2.56 bits per heavy atom. The van der Waals surface area contributed by atoms with Gasteiger partial charge in [0.05, 0.1) is 24.5 Å². The van der Waals surface area contributed by atoms with Crippen molar-refractivity contribution in [1.29, 1.82) is 0 Å². The SMILES string of the molecule is O=c1cc2c(nn1CCN1CCN(Cc3nc4c(o3)CCC4)CC1)CCC2. The molecule has 27 heavy (non-hydrogen) atoms. The smallest absolute Gasteiger partial charge is 0.267 e. The average Bonchev–Trinajstić information content (AvgIpc) is 3.37. The maximum absolute atomic E-state index is 12.2. The minimum atomic E-state index is 0.0474. The van der Waals surface area contributed by atoms with Gasteiger partial charge in [0.25, 0.3) is 5.56 Å². The van der Waals surface area contributed by atoms with Gasteiger partial charge in [-0.3, -0.25) is 14.6 Å². The molecule has 2 aliphatic carbocycles. The van der Waals surface area contributed by atoms with Crippen LogP contribution in [0.2, 0.25) is 0 Å². The molecule has 7 heteroatoms. The Labute approximate surface area is 159 Å². The molecule has 5 rings (SSSR count). The lowest BCUT2D eigenvalue weighted by Crippen LogP contribution is -2.47. The zero-order valence-corrected chi connectivity index (χ0v) is 15.8. The largest absolute Gasteiger partial charge is 0.444 e. The summed E-state index contributed by atoms with van der Waals surface area (Å²) in [4.78, 5) is 21.7. The molecule has 144 valence electrons. The van der Waals surface area contributed by atoms with Gasteiger partial charge in [-0.2, -0.15) is 5.10 Å². The Kier molecular flexibility index (Phi) is 4.57. The molecule has 0 unspecified atom stereocenters. The molecular weight excluding hydrogens is 342 g/mol. The third-order valence-corrected chi connectivity index (χ3v) is 6.12. The van der Waals surface area contributed by atoms with Crippen LogP contribution < -0.4 is 5.56 Å². The molecule has 1 aliphatic heterocycles. The van der Waals surface area contributed by atoms with Crippen LogP contribution in [0.4, 0.5) is 0 Å². The molecule has 2 aromatic rings. The molecule has 0 N–H and O–H groups in total. The van der Waals surface area contributed by atoms with E-state index in [1.54, 1.807) is 10.7 Å². The van der Waals surface area contributed by atoms with E-state index >= 15 is 0 Å². The van der Waals surface area contributed by atoms with Gasteiger partial charge in [-0.25, -0.2) is 9.67 Å². The van der Waals surface area contributed by atoms with Crippen LogP contribution in [-0.4, -0.2) is 57.3 Å². The number of aromatic nitrogens is 3. The first-order valence-electron chi connectivity index (χ1n) is 10.3. The molecule has 0 spiro atoms. The summed E-state index contributed by atoms with van der Waals surface area (Å²) < 4.78 is 7.56. The van der Waals surface area contributed by atoms with Crippen LogP contribution in [0, 0.1) is 0 Å². The zero-order valence-electron chi connectivity index (χ0n) is 15.8. The fourth-order valence-corrected chi connectivity index (χ4v) is 4.51. The van der Waals surface area contributed by atoms with Crippen LogP contribution in [0.3, 0.4) is 0 Å². The van der Waals surface area contributed by atoms with E-state index < -0.39 is 0 Å². The highest BCUT2D eigenvalue weighted by atomic mass is 16.4. The molecule has 0 aromatic carbocycles. The number of aryl methyl sites for hydroxylation is 4. The first kappa shape index (κ1) is 17.1. The van der Waals surface area contributed by atoms with Crippen molar-refractivity contribution >= 4 is 0 Å². The summed E-state index contributed by atoms with van der Waals surface area (Å²) in [5, 5.41) is 4.58. The predicted octanol–water partition coefficient (Wildman–Crippen LogP) is 1.03. The Morgan fingerprint density at radius 1 is 0.926 bits per heavy atom. The van der Waals surface area contributed by atoms with E-state index in [9.17, 15) is 4.79 Å². The van der Waals surface area contributed by atoms with Crippen molar-refractivity contribution in [2.75, 3.05) is 32.7 Å². The Morgan fingerprint density at radius 2 is 1.70 bits per heavy atom. The Hall–Kier alpha value is -1.99. The Balaban J connectivity index is 1.12. The first-order chi connectivity index (χ1) is 13.2. The molecule has 0 radical (unpaired) electrons. The van der Waals surface area contributed by atoms with Gasteiger partial charge in [0.2, 0.25) is 5.89 Å². The van der Waals surface area contributed by atoms with Crippen molar-refractivity contribution in [1.82, 2.24) is 24.6 Å². The molecule has 2 aromatic heterocycles. The zero-order chi connectivity index (χ0) is 18.2. The number of nitrogens with zero attached hydrogens (tertiary/aromatic N) is 5. The summed E-state index contributed by atoms with van der Waals surface area (Å²) in [5.74, 6) is 1.98. The summed E-state index contributed by atoms with van der Waals surface area (Å²) in [6.45, 7) is 6.43. The van der Waals surface area contributed by atoms with Gasteiger partial charge in [-0.05, 0) is 37.7 Å². The second kappa shape index (κ2) is 7.20. The van der Waals surface area contributed by atoms with Crippen LogP contribution in [0.15, 0.2) is 15.3 Å². The van der Waals surface area contributed by atoms with Gasteiger partial charge < -0.3 is 4.42 Å². The lowest BCUT2D eigenvalue weighted by atomic mass is 10.2. The van der Waals surface area contributed by atoms with Gasteiger partial charge in [0, 0.05) is 45.2 Å². The number of oxazole rings is 1. The number of rotatable bonds is 5. The minimum Gasteiger partial charge on any atom is -0.444 e. The topological polar surface area (TPSA) is 67.4 Å². The third kappa shape index (κ3) is 3.58. The molecular formula is C20H27N5O2. The molecule has 3 heterocycles. The number of fused-ring (bicyclic) bond motifs is 2. The monoisotopic (exact) mass is 369 g/mol. The molecule has 1 fully saturated rings. The van der Waals surface area contributed by atoms with Crippen molar-refractivity contribution in [2.45, 2.75) is 51.6 Å². The summed E-state index contributed by atoms with van der Waals surface area (Å²) in [6, 6.07) is 1.79. The van der Waals surface area contributed by atoms with Crippen molar-refractivity contribution in [3.63, 3.8) is 0 Å². The molecule has 3 aliphatic rings. The van der Waals surface area contributed by atoms with E-state index in [2.05, 4.69) is 19.9 Å². The van der Waals surface area contributed by atoms with Gasteiger partial charge >= 0.3 is 0 Å². The second-order valence-electron chi connectivity index (χ2n) is 7.98. The number of hydrogen-bond donors (Lipinski definition) is 0. The Bertz CT molecular complexity index is 857. The highest BCUT2D eigenvalue weighted by Crippen LogP contribution is 2.23. The van der Waals surface area contributed by atoms with Gasteiger partial charge in [-0.15, -0.1) is 0 Å². The van der Waals surface area contributed by atoms with Crippen LogP contribution in [-0.2, 0) is 38.8 Å². The summed E-state index contributed by atoms with van der Waals surface area (Å²) in [7, 11) is 0. The standard InChI is InChI=1S/C20H27N5O2/c26-20-13-15-3-1-4-16(15)22-25(20)12-11-23-7-9-24(10-8-23)14-19-21-17-5-2-6-18(17)27-19/h13H,1-12,14H2. The highest BCUT2D eigenvalue weighted by molar-refractivity contribution is 5.22. The number of piperazine rings is 1. The highest BCUT2D eigenvalue weighted by Gasteiger charge is 2.22. The van der Waals surface area contributed by atoms with E-state index in [0.717, 1.165) is 94.3 Å². The molecule has 0 atom stereocenters. The number of hydrogen-bond acceptors (Lipinski definition) is 6. The quantitative estimate of drug-likeness (QED) is 0.784. The normalized spacial score (nSPS) is 20.1. The maximum atomic E-state index is 12.2. The summed E-state index contributed by atoms with van der Waals surface area (Å²) >= 11 is 0. The van der Waals surface area contributed by atoms with Crippen molar-refractivity contribution in [3.05, 3.63) is 45.0 Å². The maximum Gasteiger partial charge on any atom is 0.267 e. The van der Waals surface area contributed by atoms with Gasteiger partial charge in [-0.1, -0.05) is 0 Å². The first-order valence-corrected chi connectivity index (χ1v) is 10.3. The molecule has 0 amide bonds. The summed E-state index contributed by atoms with van der Waals surface area (Å²) in [6.07, 6.45) is 6.45. The summed E-state index contributed by atoms with van der Waals surface area (Å²) in [5.41, 5.74) is 3.50. The van der Waals surface area contributed by atoms with E-state index in [-0.39, 0.29) is 5.56 Å². The second-order valence-corrected chi connectivity index (χ2v) is 7.98. The van der Waals surface area contributed by atoms with Gasteiger partial charge in [0.15, 0.2) is 0 Å². The minimum absolute atomic E-state index is 0.0474. The molecule has 0 saturated carbocycles. The van der Waals surface area contributed by atoms with E-state index in [0.29, 0.717) is 6.54 Å². The van der Waals surface area contributed by atoms with Crippen LogP contribution in [0.1, 0.15) is 41.4 Å². The lowest BCUT2D eigenvalue weighted by Gasteiger charge is -2.33. The van der Waals surface area contributed by atoms with E-state index in [1.165, 1.54) is 12.1 Å². The van der Waals surface area contributed by atoms with Gasteiger partial charge in [0.1, 0.15) is 5.76 Å². The van der Waals surface area contributed by atoms with Crippen LogP contribution >= 0.6 is 0 Å². The van der Waals surface area contributed by atoms with E-state index in [1.807, 2.05) is 0 Å². The van der Waals surface area contributed by atoms with E-state index in [4.69, 9.17) is 4.42 Å². The molecule has 0 bridgehead atoms. The van der Waals surface area contributed by atoms with Crippen LogP contribution in [0.5, 0.6) is 0 Å². The fourth-order valence-electron chi connectivity index (χ4n) is 4.51. The molecule has 7 nitrogen and oxygen atoms in total. The molecule has 1 saturated heterocycles. The lowest BCUT2D eigenvalue weighted by molar-refractivity contribution is 0.115. The third-order valence-electron chi connectivity index (χ3n) is 6.12. The predicted molar refractivity (Wildman–Crippen MR) is 101 cm³/mol. The van der Waals surface area contributed by atoms with Crippen LogP contribution in [0.25, 0.3) is 0 Å².